The summed E-state index contributed by atoms with van der Waals surface area (Å²) < 4.78 is 5.21. The molecule has 0 spiro atoms. The summed E-state index contributed by atoms with van der Waals surface area (Å²) in [6, 6.07) is 10.2. The number of nitrogens with two attached hydrogens (primary N) is 1. The fourth-order valence-corrected chi connectivity index (χ4v) is 2.26. The number of methoxy groups -OCH3 is 1. The Morgan fingerprint density at radius 2 is 1.95 bits per heavy atom. The van der Waals surface area contributed by atoms with E-state index >= 15 is 0 Å². The SMILES string of the molecule is COc1ccc(Cl)cc1C(=O)Nc1cc(N)ccc1N(C)C. The Balaban J connectivity index is 2.37. The predicted molar refractivity (Wildman–Crippen MR) is 91.1 cm³/mol. The number of hydrogen-bond donors (Lipinski definition) is 2. The second kappa shape index (κ2) is 6.58. The summed E-state index contributed by atoms with van der Waals surface area (Å²) in [7, 11) is 5.29. The highest BCUT2D eigenvalue weighted by atomic mass is 35.5. The molecule has 3 N–H and O–H groups in total. The number of nitrogen functional groups attached to an aromatic ring is 1. The highest BCUT2D eigenvalue weighted by Gasteiger charge is 2.15. The Morgan fingerprint density at radius 1 is 1.23 bits per heavy atom. The highest BCUT2D eigenvalue weighted by Crippen LogP contribution is 2.29. The minimum Gasteiger partial charge on any atom is -0.496 e. The van der Waals surface area contributed by atoms with E-state index in [9.17, 15) is 4.79 Å². The number of nitrogens with zero attached hydrogens (tertiary/aromatic N) is 1. The van der Waals surface area contributed by atoms with Crippen molar-refractivity contribution in [3.05, 3.63) is 47.0 Å². The lowest BCUT2D eigenvalue weighted by atomic mass is 10.1. The van der Waals surface area contributed by atoms with Gasteiger partial charge in [-0.15, -0.1) is 0 Å². The number of halogens is 1. The van der Waals surface area contributed by atoms with E-state index in [1.165, 1.54) is 7.11 Å². The molecule has 0 saturated carbocycles. The molecule has 2 rings (SSSR count). The van der Waals surface area contributed by atoms with E-state index in [1.54, 1.807) is 30.3 Å². The lowest BCUT2D eigenvalue weighted by Gasteiger charge is -2.19. The average Bonchev–Trinajstić information content (AvgIpc) is 2.46. The molecule has 0 bridgehead atoms. The molecule has 0 atom stereocenters. The van der Waals surface area contributed by atoms with E-state index in [4.69, 9.17) is 22.1 Å². The first kappa shape index (κ1) is 16.0. The van der Waals surface area contributed by atoms with E-state index in [0.29, 0.717) is 27.7 Å². The Morgan fingerprint density at radius 3 is 2.59 bits per heavy atom. The van der Waals surface area contributed by atoms with Gasteiger partial charge >= 0.3 is 0 Å². The van der Waals surface area contributed by atoms with Crippen LogP contribution in [0.25, 0.3) is 0 Å². The number of carbonyl (C=O) groups is 1. The molecule has 5 nitrogen and oxygen atoms in total. The van der Waals surface area contributed by atoms with Crippen molar-refractivity contribution < 1.29 is 9.53 Å². The van der Waals surface area contributed by atoms with E-state index < -0.39 is 0 Å². The second-order valence-electron chi connectivity index (χ2n) is 4.97. The Bertz CT molecular complexity index is 702. The summed E-state index contributed by atoms with van der Waals surface area (Å²) in [5.74, 6) is 0.144. The molecule has 1 amide bonds. The van der Waals surface area contributed by atoms with Crippen molar-refractivity contribution in [3.63, 3.8) is 0 Å². The molecule has 0 fully saturated rings. The van der Waals surface area contributed by atoms with Gasteiger partial charge in [0.15, 0.2) is 0 Å². The van der Waals surface area contributed by atoms with Crippen molar-refractivity contribution in [2.45, 2.75) is 0 Å². The predicted octanol–water partition coefficient (Wildman–Crippen LogP) is 3.25. The van der Waals surface area contributed by atoms with Crippen molar-refractivity contribution in [3.8, 4) is 5.75 Å². The van der Waals surface area contributed by atoms with Gasteiger partial charge in [0.25, 0.3) is 5.91 Å². The zero-order valence-corrected chi connectivity index (χ0v) is 13.4. The quantitative estimate of drug-likeness (QED) is 0.849. The summed E-state index contributed by atoms with van der Waals surface area (Å²) in [5, 5.41) is 3.32. The molecule has 0 aliphatic rings. The number of hydrogen-bond acceptors (Lipinski definition) is 4. The Hall–Kier alpha value is -2.40. The van der Waals surface area contributed by atoms with Crippen LogP contribution in [0.1, 0.15) is 10.4 Å². The molecule has 6 heteroatoms. The minimum atomic E-state index is -0.312. The van der Waals surface area contributed by atoms with Crippen LogP contribution in [0, 0.1) is 0 Å². The number of anilines is 3. The van der Waals surface area contributed by atoms with Gasteiger partial charge in [-0.05, 0) is 36.4 Å². The van der Waals surface area contributed by atoms with Gasteiger partial charge < -0.3 is 20.7 Å². The maximum absolute atomic E-state index is 12.5. The third-order valence-corrected chi connectivity index (χ3v) is 3.39. The van der Waals surface area contributed by atoms with Crippen LogP contribution in [0.15, 0.2) is 36.4 Å². The molecular formula is C16H18ClN3O2. The average molecular weight is 320 g/mol. The molecule has 2 aromatic rings. The van der Waals surface area contributed by atoms with Crippen LogP contribution in [-0.4, -0.2) is 27.1 Å². The molecule has 0 saturated heterocycles. The first-order valence-electron chi connectivity index (χ1n) is 6.64. The molecule has 0 heterocycles. The molecule has 0 unspecified atom stereocenters. The van der Waals surface area contributed by atoms with Crippen LogP contribution in [0.2, 0.25) is 5.02 Å². The fraction of sp³-hybridized carbons (Fsp3) is 0.188. The molecule has 0 aromatic heterocycles. The molecule has 0 radical (unpaired) electrons. The van der Waals surface area contributed by atoms with Gasteiger partial charge in [-0.3, -0.25) is 4.79 Å². The van der Waals surface area contributed by atoms with Gasteiger partial charge in [-0.1, -0.05) is 11.6 Å². The van der Waals surface area contributed by atoms with Gasteiger partial charge in [-0.2, -0.15) is 0 Å². The Labute approximate surface area is 134 Å². The molecule has 0 aliphatic heterocycles. The number of amides is 1. The summed E-state index contributed by atoms with van der Waals surface area (Å²) >= 11 is 5.96. The van der Waals surface area contributed by atoms with Crippen molar-refractivity contribution in [1.29, 1.82) is 0 Å². The molecule has 116 valence electrons. The van der Waals surface area contributed by atoms with Crippen LogP contribution in [-0.2, 0) is 0 Å². The summed E-state index contributed by atoms with van der Waals surface area (Å²) in [5.41, 5.74) is 8.21. The smallest absolute Gasteiger partial charge is 0.259 e. The molecule has 0 aliphatic carbocycles. The van der Waals surface area contributed by atoms with Crippen LogP contribution in [0.3, 0.4) is 0 Å². The van der Waals surface area contributed by atoms with E-state index in [1.807, 2.05) is 25.1 Å². The van der Waals surface area contributed by atoms with Crippen LogP contribution < -0.4 is 20.7 Å². The monoisotopic (exact) mass is 319 g/mol. The maximum atomic E-state index is 12.5. The summed E-state index contributed by atoms with van der Waals surface area (Å²) in [4.78, 5) is 14.4. The number of nitrogens with one attached hydrogen (secondary N) is 1. The van der Waals surface area contributed by atoms with Crippen molar-refractivity contribution in [1.82, 2.24) is 0 Å². The zero-order valence-electron chi connectivity index (χ0n) is 12.7. The highest BCUT2D eigenvalue weighted by molar-refractivity contribution is 6.31. The third-order valence-electron chi connectivity index (χ3n) is 3.16. The standard InChI is InChI=1S/C16H18ClN3O2/c1-20(2)14-6-5-11(18)9-13(14)19-16(21)12-8-10(17)4-7-15(12)22-3/h4-9H,18H2,1-3H3,(H,19,21). The van der Waals surface area contributed by atoms with Gasteiger partial charge in [0, 0.05) is 24.8 Å². The van der Waals surface area contributed by atoms with Crippen molar-refractivity contribution in [2.24, 2.45) is 0 Å². The maximum Gasteiger partial charge on any atom is 0.259 e. The number of benzene rings is 2. The number of carbonyl (C=O) groups excluding carboxylic acids is 1. The first-order chi connectivity index (χ1) is 10.4. The molecule has 2 aromatic carbocycles. The lowest BCUT2D eigenvalue weighted by Crippen LogP contribution is -2.17. The van der Waals surface area contributed by atoms with Crippen molar-refractivity contribution >= 4 is 34.6 Å². The lowest BCUT2D eigenvalue weighted by molar-refractivity contribution is 0.102. The normalized spacial score (nSPS) is 10.2. The topological polar surface area (TPSA) is 67.6 Å². The minimum absolute atomic E-state index is 0.312. The van der Waals surface area contributed by atoms with Crippen LogP contribution >= 0.6 is 11.6 Å². The zero-order chi connectivity index (χ0) is 16.3. The van der Waals surface area contributed by atoms with E-state index in [2.05, 4.69) is 5.32 Å². The molecular weight excluding hydrogens is 302 g/mol. The van der Waals surface area contributed by atoms with Crippen LogP contribution in [0.5, 0.6) is 5.75 Å². The van der Waals surface area contributed by atoms with Crippen molar-refractivity contribution in [2.75, 3.05) is 37.2 Å². The first-order valence-corrected chi connectivity index (χ1v) is 7.02. The van der Waals surface area contributed by atoms with Gasteiger partial charge in [0.05, 0.1) is 24.0 Å². The third kappa shape index (κ3) is 3.43. The van der Waals surface area contributed by atoms with Gasteiger partial charge in [0.2, 0.25) is 0 Å². The van der Waals surface area contributed by atoms with E-state index in [0.717, 1.165) is 5.69 Å². The fourth-order valence-electron chi connectivity index (χ4n) is 2.09. The second-order valence-corrected chi connectivity index (χ2v) is 5.41. The van der Waals surface area contributed by atoms with E-state index in [-0.39, 0.29) is 5.91 Å². The number of rotatable bonds is 4. The van der Waals surface area contributed by atoms with Crippen LogP contribution in [0.4, 0.5) is 17.1 Å². The summed E-state index contributed by atoms with van der Waals surface area (Å²) in [6.07, 6.45) is 0. The Kier molecular flexibility index (Phi) is 4.78. The van der Waals surface area contributed by atoms with Gasteiger partial charge in [-0.25, -0.2) is 0 Å². The largest absolute Gasteiger partial charge is 0.496 e. The summed E-state index contributed by atoms with van der Waals surface area (Å²) in [6.45, 7) is 0. The number of ether oxygens (including phenoxy) is 1. The molecule has 22 heavy (non-hydrogen) atoms. The van der Waals surface area contributed by atoms with Gasteiger partial charge in [0.1, 0.15) is 5.75 Å².